The zero-order chi connectivity index (χ0) is 37.1. The third-order valence-corrected chi connectivity index (χ3v) is 15.3. The zero-order valence-electron chi connectivity index (χ0n) is 33.0. The van der Waals surface area contributed by atoms with Crippen LogP contribution in [0.3, 0.4) is 0 Å². The summed E-state index contributed by atoms with van der Waals surface area (Å²) >= 11 is 0. The summed E-state index contributed by atoms with van der Waals surface area (Å²) in [6, 6.07) is 53.6. The minimum absolute atomic E-state index is 0.134. The van der Waals surface area contributed by atoms with Crippen molar-refractivity contribution >= 4 is 17.1 Å². The number of rotatable bonds is 5. The van der Waals surface area contributed by atoms with Gasteiger partial charge in [0.05, 0.1) is 0 Å². The molecule has 0 amide bonds. The lowest BCUT2D eigenvalue weighted by Gasteiger charge is -2.61. The van der Waals surface area contributed by atoms with Crippen LogP contribution in [0.1, 0.15) is 94.9 Å². The molecule has 0 unspecified atom stereocenters. The van der Waals surface area contributed by atoms with Gasteiger partial charge in [-0.1, -0.05) is 131 Å². The second-order valence-electron chi connectivity index (χ2n) is 19.2. The highest BCUT2D eigenvalue weighted by Gasteiger charge is 2.61. The first-order chi connectivity index (χ1) is 26.7. The van der Waals surface area contributed by atoms with E-state index in [2.05, 4.69) is 172 Å². The molecular weight excluding hydrogens is 663 g/mol. The average molecular weight is 716 g/mol. The van der Waals surface area contributed by atoms with E-state index in [1.165, 1.54) is 107 Å². The Morgan fingerprint density at radius 1 is 0.418 bits per heavy atom. The Bertz CT molecular complexity index is 2400. The molecule has 0 heterocycles. The Morgan fingerprint density at radius 3 is 1.64 bits per heavy atom. The minimum Gasteiger partial charge on any atom is -0.310 e. The fraction of sp³-hybridized carbons (Fsp3) is 0.333. The second kappa shape index (κ2) is 12.1. The van der Waals surface area contributed by atoms with Gasteiger partial charge in [0.25, 0.3) is 0 Å². The molecule has 0 aliphatic heterocycles. The maximum atomic E-state index is 2.63. The van der Waals surface area contributed by atoms with E-state index in [0.717, 1.165) is 23.7 Å². The van der Waals surface area contributed by atoms with Gasteiger partial charge >= 0.3 is 0 Å². The first-order valence-electron chi connectivity index (χ1n) is 21.2. The van der Waals surface area contributed by atoms with Gasteiger partial charge in [0, 0.05) is 22.5 Å². The van der Waals surface area contributed by atoms with E-state index < -0.39 is 0 Å². The lowest BCUT2D eigenvalue weighted by atomic mass is 9.43. The smallest absolute Gasteiger partial charge is 0.0465 e. The normalized spacial score (nSPS) is 26.0. The molecule has 0 atom stereocenters. The van der Waals surface area contributed by atoms with Gasteiger partial charge in [-0.3, -0.25) is 0 Å². The maximum absolute atomic E-state index is 2.63. The van der Waals surface area contributed by atoms with Crippen LogP contribution in [-0.4, -0.2) is 0 Å². The Morgan fingerprint density at radius 2 is 0.945 bits per heavy atom. The molecule has 1 spiro atoms. The first-order valence-corrected chi connectivity index (χ1v) is 21.2. The quantitative estimate of drug-likeness (QED) is 0.172. The van der Waals surface area contributed by atoms with Crippen molar-refractivity contribution in [2.45, 2.75) is 88.9 Å². The molecule has 6 aliphatic rings. The van der Waals surface area contributed by atoms with Gasteiger partial charge in [-0.15, -0.1) is 0 Å². The summed E-state index contributed by atoms with van der Waals surface area (Å²) in [4.78, 5) is 2.53. The monoisotopic (exact) mass is 715 g/mol. The fourth-order valence-corrected chi connectivity index (χ4v) is 12.9. The van der Waals surface area contributed by atoms with Crippen LogP contribution in [0.2, 0.25) is 0 Å². The molecule has 1 nitrogen and oxygen atoms in total. The highest BCUT2D eigenvalue weighted by molar-refractivity contribution is 5.87. The Labute approximate surface area is 328 Å². The summed E-state index contributed by atoms with van der Waals surface area (Å²) in [6.07, 6.45) is 9.50. The third-order valence-electron chi connectivity index (χ3n) is 15.3. The molecule has 0 N–H and O–H groups in total. The highest BCUT2D eigenvalue weighted by atomic mass is 15.1. The van der Waals surface area contributed by atoms with Crippen molar-refractivity contribution in [2.24, 2.45) is 23.7 Å². The number of benzene rings is 6. The SMILES string of the molecule is CC1(C)CCC(C)(C)c2c(-c3ccc(N(c4ccc(-c5ccccc5)cc4)c4ccc5c(c4)C4(c6ccccc6-5)C5CC6CC(C5)CC4C6)cc3)cccc21. The number of fused-ring (bicyclic) bond motifs is 4. The second-order valence-corrected chi connectivity index (χ2v) is 19.2. The Kier molecular flexibility index (Phi) is 7.34. The summed E-state index contributed by atoms with van der Waals surface area (Å²) in [5.74, 6) is 3.34. The van der Waals surface area contributed by atoms with E-state index >= 15 is 0 Å². The molecule has 6 aromatic carbocycles. The Hall–Kier alpha value is -4.88. The van der Waals surface area contributed by atoms with E-state index in [1.54, 1.807) is 11.1 Å². The van der Waals surface area contributed by atoms with Gasteiger partial charge in [-0.05, 0) is 171 Å². The molecule has 1 heteroatoms. The predicted octanol–water partition coefficient (Wildman–Crippen LogP) is 14.6. The van der Waals surface area contributed by atoms with Crippen molar-refractivity contribution in [3.63, 3.8) is 0 Å². The van der Waals surface area contributed by atoms with Gasteiger partial charge in [-0.25, -0.2) is 0 Å². The number of nitrogens with zero attached hydrogens (tertiary/aromatic N) is 1. The van der Waals surface area contributed by atoms with Crippen LogP contribution in [-0.2, 0) is 16.2 Å². The molecule has 4 saturated carbocycles. The summed E-state index contributed by atoms with van der Waals surface area (Å²) in [5.41, 5.74) is 18.5. The van der Waals surface area contributed by atoms with Crippen molar-refractivity contribution in [1.29, 1.82) is 0 Å². The van der Waals surface area contributed by atoms with Crippen LogP contribution in [0, 0.1) is 23.7 Å². The van der Waals surface area contributed by atoms with Crippen molar-refractivity contribution in [1.82, 2.24) is 0 Å². The first kappa shape index (κ1) is 33.5. The zero-order valence-corrected chi connectivity index (χ0v) is 33.0. The molecule has 0 saturated heterocycles. The third kappa shape index (κ3) is 4.97. The summed E-state index contributed by atoms with van der Waals surface area (Å²) in [5, 5.41) is 0. The van der Waals surface area contributed by atoms with Crippen LogP contribution in [0.4, 0.5) is 17.1 Å². The van der Waals surface area contributed by atoms with E-state index in [4.69, 9.17) is 0 Å². The topological polar surface area (TPSA) is 3.24 Å². The molecule has 6 aromatic rings. The van der Waals surface area contributed by atoms with Crippen LogP contribution in [0.25, 0.3) is 33.4 Å². The molecule has 274 valence electrons. The molecule has 4 fully saturated rings. The van der Waals surface area contributed by atoms with E-state index in [0.29, 0.717) is 0 Å². The van der Waals surface area contributed by atoms with Crippen molar-refractivity contribution < 1.29 is 0 Å². The average Bonchev–Trinajstić information content (AvgIpc) is 3.49. The summed E-state index contributed by atoms with van der Waals surface area (Å²) in [7, 11) is 0. The standard InChI is InChI=1S/C54H53N/c1-52(2)27-28-53(3,4)51-45(14-10-16-49(51)52)39-19-23-43(24-20-39)55(42-21-17-38(18-22-42)37-11-6-5-7-12-37)44-25-26-47-46-13-8-9-15-48(46)54(50(47)34-44)40-30-35-29-36(32-40)33-41(54)31-35/h5-26,34-36,40-41H,27-33H2,1-4H3. The molecular formula is C54H53N. The molecule has 0 radical (unpaired) electrons. The van der Waals surface area contributed by atoms with Crippen molar-refractivity contribution in [2.75, 3.05) is 4.90 Å². The van der Waals surface area contributed by atoms with Crippen LogP contribution in [0.5, 0.6) is 0 Å². The number of anilines is 3. The molecule has 12 rings (SSSR count). The van der Waals surface area contributed by atoms with Crippen molar-refractivity contribution in [3.8, 4) is 33.4 Å². The maximum Gasteiger partial charge on any atom is 0.0465 e. The van der Waals surface area contributed by atoms with E-state index in [1.807, 2.05) is 0 Å². The van der Waals surface area contributed by atoms with Crippen molar-refractivity contribution in [3.05, 3.63) is 162 Å². The van der Waals surface area contributed by atoms with Crippen LogP contribution >= 0.6 is 0 Å². The van der Waals surface area contributed by atoms with Gasteiger partial charge in [-0.2, -0.15) is 0 Å². The lowest BCUT2D eigenvalue weighted by molar-refractivity contribution is -0.0399. The van der Waals surface area contributed by atoms with E-state index in [9.17, 15) is 0 Å². The number of hydrogen-bond donors (Lipinski definition) is 0. The van der Waals surface area contributed by atoms with Gasteiger partial charge < -0.3 is 4.90 Å². The molecule has 6 aliphatic carbocycles. The van der Waals surface area contributed by atoms with Gasteiger partial charge in [0.1, 0.15) is 0 Å². The summed E-state index contributed by atoms with van der Waals surface area (Å²) in [6.45, 7) is 9.75. The largest absolute Gasteiger partial charge is 0.310 e. The molecule has 0 aromatic heterocycles. The molecule has 4 bridgehead atoms. The van der Waals surface area contributed by atoms with Gasteiger partial charge in [0.2, 0.25) is 0 Å². The van der Waals surface area contributed by atoms with Crippen LogP contribution in [0.15, 0.2) is 140 Å². The fourth-order valence-electron chi connectivity index (χ4n) is 12.9. The van der Waals surface area contributed by atoms with Gasteiger partial charge in [0.15, 0.2) is 0 Å². The summed E-state index contributed by atoms with van der Waals surface area (Å²) < 4.78 is 0. The molecule has 55 heavy (non-hydrogen) atoms. The van der Waals surface area contributed by atoms with E-state index in [-0.39, 0.29) is 16.2 Å². The predicted molar refractivity (Wildman–Crippen MR) is 231 cm³/mol. The highest BCUT2D eigenvalue weighted by Crippen LogP contribution is 2.69. The number of hydrogen-bond acceptors (Lipinski definition) is 1. The van der Waals surface area contributed by atoms with Crippen LogP contribution < -0.4 is 4.90 Å². The lowest BCUT2D eigenvalue weighted by Crippen LogP contribution is -2.55. The Balaban J connectivity index is 1.06. The minimum atomic E-state index is 0.134.